The topological polar surface area (TPSA) is 56.1 Å². The van der Waals surface area contributed by atoms with Crippen LogP contribution >= 0.6 is 0 Å². The molecule has 1 fully saturated rings. The summed E-state index contributed by atoms with van der Waals surface area (Å²) in [6, 6.07) is 0.397. The van der Waals surface area contributed by atoms with E-state index in [2.05, 4.69) is 26.7 Å². The number of aromatic nitrogens is 2. The highest BCUT2D eigenvalue weighted by Gasteiger charge is 2.28. The Kier molecular flexibility index (Phi) is 5.15. The van der Waals surface area contributed by atoms with Gasteiger partial charge in [0, 0.05) is 36.9 Å². The van der Waals surface area contributed by atoms with Crippen LogP contribution in [0.4, 0.5) is 5.82 Å². The predicted octanol–water partition coefficient (Wildman–Crippen LogP) is 2.50. The van der Waals surface area contributed by atoms with Gasteiger partial charge in [0.15, 0.2) is 0 Å². The first-order valence-corrected chi connectivity index (χ1v) is 8.06. The van der Waals surface area contributed by atoms with Crippen molar-refractivity contribution >= 4 is 11.7 Å². The molecule has 1 aliphatic heterocycles. The van der Waals surface area contributed by atoms with Crippen molar-refractivity contribution in [3.05, 3.63) is 17.6 Å². The molecule has 5 heteroatoms. The first-order valence-electron chi connectivity index (χ1n) is 8.06. The van der Waals surface area contributed by atoms with Crippen molar-refractivity contribution in [1.29, 1.82) is 5.41 Å². The second-order valence-corrected chi connectivity index (χ2v) is 5.55. The molecule has 0 radical (unpaired) electrons. The molecular formula is C16H27N5. The van der Waals surface area contributed by atoms with Crippen LogP contribution in [-0.4, -0.2) is 46.4 Å². The molecule has 1 aromatic rings. The second-order valence-electron chi connectivity index (χ2n) is 5.55. The molecule has 1 unspecified atom stereocenters. The maximum Gasteiger partial charge on any atom is 0.135 e. The highest BCUT2D eigenvalue weighted by molar-refractivity contribution is 5.76. The average molecular weight is 289 g/mol. The number of hydrogen-bond acceptors (Lipinski definition) is 4. The second kappa shape index (κ2) is 6.87. The van der Waals surface area contributed by atoms with E-state index in [0.29, 0.717) is 11.9 Å². The van der Waals surface area contributed by atoms with Crippen LogP contribution in [0.15, 0.2) is 6.33 Å². The smallest absolute Gasteiger partial charge is 0.135 e. The van der Waals surface area contributed by atoms with E-state index in [1.807, 2.05) is 20.8 Å². The summed E-state index contributed by atoms with van der Waals surface area (Å²) in [4.78, 5) is 13.5. The van der Waals surface area contributed by atoms with Gasteiger partial charge in [0.1, 0.15) is 12.1 Å². The quantitative estimate of drug-likeness (QED) is 0.637. The monoisotopic (exact) mass is 289 g/mol. The fourth-order valence-electron chi connectivity index (χ4n) is 3.17. The zero-order valence-electron chi connectivity index (χ0n) is 13.7. The van der Waals surface area contributed by atoms with Gasteiger partial charge in [-0.25, -0.2) is 9.97 Å². The molecule has 0 bridgehead atoms. The Labute approximate surface area is 127 Å². The van der Waals surface area contributed by atoms with Gasteiger partial charge in [0.05, 0.1) is 5.84 Å². The van der Waals surface area contributed by atoms with E-state index in [9.17, 15) is 0 Å². The first-order chi connectivity index (χ1) is 10.2. The number of nitrogens with zero attached hydrogens (tertiary/aromatic N) is 4. The molecule has 1 aliphatic carbocycles. The van der Waals surface area contributed by atoms with Gasteiger partial charge in [-0.2, -0.15) is 0 Å². The summed E-state index contributed by atoms with van der Waals surface area (Å²) in [5.41, 5.74) is 2.59. The van der Waals surface area contributed by atoms with Gasteiger partial charge in [-0.15, -0.1) is 0 Å². The van der Waals surface area contributed by atoms with E-state index in [1.54, 1.807) is 6.33 Å². The summed E-state index contributed by atoms with van der Waals surface area (Å²) < 4.78 is 0. The van der Waals surface area contributed by atoms with Gasteiger partial charge >= 0.3 is 0 Å². The Morgan fingerprint density at radius 1 is 1.24 bits per heavy atom. The van der Waals surface area contributed by atoms with Crippen molar-refractivity contribution in [2.24, 2.45) is 0 Å². The Hall–Kier alpha value is -1.65. The van der Waals surface area contributed by atoms with Crippen molar-refractivity contribution in [3.63, 3.8) is 0 Å². The van der Waals surface area contributed by atoms with E-state index >= 15 is 0 Å². The van der Waals surface area contributed by atoms with Crippen molar-refractivity contribution in [2.45, 2.75) is 53.0 Å². The standard InChI is InChI=1S/C14H21N5.C2H6/c1-10-8-18(11(2)15)6-7-19(10)14-12-4-3-5-13(12)16-9-17-14;1-2/h9-10,15H,3-8H2,1-2H3;1-2H3. The predicted molar refractivity (Wildman–Crippen MR) is 87.2 cm³/mol. The zero-order valence-corrected chi connectivity index (χ0v) is 13.7. The van der Waals surface area contributed by atoms with Crippen LogP contribution in [0.1, 0.15) is 45.4 Å². The third-order valence-electron chi connectivity index (χ3n) is 4.23. The number of rotatable bonds is 1. The summed E-state index contributed by atoms with van der Waals surface area (Å²) in [6.45, 7) is 10.9. The van der Waals surface area contributed by atoms with Gasteiger partial charge in [-0.3, -0.25) is 5.41 Å². The van der Waals surface area contributed by atoms with Crippen LogP contribution < -0.4 is 4.90 Å². The highest BCUT2D eigenvalue weighted by atomic mass is 15.3. The van der Waals surface area contributed by atoms with Crippen molar-refractivity contribution in [3.8, 4) is 0 Å². The summed E-state index contributed by atoms with van der Waals surface area (Å²) in [6.07, 6.45) is 5.12. The SMILES string of the molecule is CC.CC(=N)N1CCN(c2ncnc3c2CCC3)C(C)C1. The fraction of sp³-hybridized carbons (Fsp3) is 0.688. The minimum atomic E-state index is 0.397. The Bertz CT molecular complexity index is 499. The van der Waals surface area contributed by atoms with Crippen LogP contribution in [0.25, 0.3) is 0 Å². The largest absolute Gasteiger partial charge is 0.357 e. The molecule has 3 rings (SSSR count). The fourth-order valence-corrected chi connectivity index (χ4v) is 3.17. The summed E-state index contributed by atoms with van der Waals surface area (Å²) in [5.74, 6) is 1.80. The summed E-state index contributed by atoms with van der Waals surface area (Å²) >= 11 is 0. The Morgan fingerprint density at radius 2 is 2.00 bits per heavy atom. The molecule has 1 N–H and O–H groups in total. The van der Waals surface area contributed by atoms with Crippen LogP contribution in [0, 0.1) is 5.41 Å². The third kappa shape index (κ3) is 3.17. The lowest BCUT2D eigenvalue weighted by molar-refractivity contribution is 0.333. The van der Waals surface area contributed by atoms with E-state index in [4.69, 9.17) is 5.41 Å². The maximum atomic E-state index is 7.75. The molecule has 1 aromatic heterocycles. The van der Waals surface area contributed by atoms with E-state index in [-0.39, 0.29) is 0 Å². The van der Waals surface area contributed by atoms with E-state index < -0.39 is 0 Å². The van der Waals surface area contributed by atoms with Crippen molar-refractivity contribution in [1.82, 2.24) is 14.9 Å². The number of amidine groups is 1. The van der Waals surface area contributed by atoms with Crippen molar-refractivity contribution in [2.75, 3.05) is 24.5 Å². The molecule has 2 aliphatic rings. The molecule has 0 spiro atoms. The molecule has 2 heterocycles. The Balaban J connectivity index is 0.000000774. The van der Waals surface area contributed by atoms with Crippen LogP contribution in [0.2, 0.25) is 0 Å². The molecule has 5 nitrogen and oxygen atoms in total. The first kappa shape index (κ1) is 15.7. The number of nitrogens with one attached hydrogen (secondary N) is 1. The number of fused-ring (bicyclic) bond motifs is 1. The summed E-state index contributed by atoms with van der Waals surface area (Å²) in [7, 11) is 0. The lowest BCUT2D eigenvalue weighted by atomic mass is 10.1. The normalized spacial score (nSPS) is 20.7. The zero-order chi connectivity index (χ0) is 15.4. The highest BCUT2D eigenvalue weighted by Crippen LogP contribution is 2.29. The van der Waals surface area contributed by atoms with Gasteiger partial charge in [0.25, 0.3) is 0 Å². The Morgan fingerprint density at radius 3 is 2.67 bits per heavy atom. The lowest BCUT2D eigenvalue weighted by Gasteiger charge is -2.41. The molecule has 116 valence electrons. The van der Waals surface area contributed by atoms with E-state index in [0.717, 1.165) is 38.3 Å². The van der Waals surface area contributed by atoms with E-state index in [1.165, 1.54) is 17.7 Å². The molecule has 0 amide bonds. The molecule has 1 saturated heterocycles. The third-order valence-corrected chi connectivity index (χ3v) is 4.23. The van der Waals surface area contributed by atoms with Crippen LogP contribution in [-0.2, 0) is 12.8 Å². The molecule has 1 atom stereocenters. The molecule has 0 saturated carbocycles. The molecule has 0 aromatic carbocycles. The van der Waals surface area contributed by atoms with Crippen molar-refractivity contribution < 1.29 is 0 Å². The molecular weight excluding hydrogens is 262 g/mol. The summed E-state index contributed by atoms with van der Waals surface area (Å²) in [5, 5.41) is 7.75. The van der Waals surface area contributed by atoms with Gasteiger partial charge in [-0.1, -0.05) is 13.8 Å². The minimum Gasteiger partial charge on any atom is -0.357 e. The van der Waals surface area contributed by atoms with Gasteiger partial charge in [0.2, 0.25) is 0 Å². The van der Waals surface area contributed by atoms with Crippen LogP contribution in [0.3, 0.4) is 0 Å². The molecule has 21 heavy (non-hydrogen) atoms. The van der Waals surface area contributed by atoms with Gasteiger partial charge in [-0.05, 0) is 33.1 Å². The minimum absolute atomic E-state index is 0.397. The number of piperazine rings is 1. The average Bonchev–Trinajstić information content (AvgIpc) is 2.97. The van der Waals surface area contributed by atoms with Crippen LogP contribution in [0.5, 0.6) is 0 Å². The van der Waals surface area contributed by atoms with Gasteiger partial charge < -0.3 is 9.80 Å². The maximum absolute atomic E-state index is 7.75. The number of hydrogen-bond donors (Lipinski definition) is 1. The number of aryl methyl sites for hydroxylation is 1. The lowest BCUT2D eigenvalue weighted by Crippen LogP contribution is -2.53. The number of anilines is 1.